The predicted molar refractivity (Wildman–Crippen MR) is 88.5 cm³/mol. The van der Waals surface area contributed by atoms with E-state index in [-0.39, 0.29) is 29.6 Å². The van der Waals surface area contributed by atoms with E-state index in [0.29, 0.717) is 30.2 Å². The van der Waals surface area contributed by atoms with Gasteiger partial charge in [0, 0.05) is 29.8 Å². The maximum atomic E-state index is 12.9. The second kappa shape index (κ2) is 6.79. The Morgan fingerprint density at radius 1 is 1.35 bits per heavy atom. The summed E-state index contributed by atoms with van der Waals surface area (Å²) in [4.78, 5) is 14.6. The van der Waals surface area contributed by atoms with E-state index < -0.39 is 9.84 Å². The number of halogens is 1. The Kier molecular flexibility index (Phi) is 4.94. The average Bonchev–Trinajstić information content (AvgIpc) is 3.13. The van der Waals surface area contributed by atoms with Gasteiger partial charge in [-0.1, -0.05) is 17.7 Å². The molecule has 2 saturated heterocycles. The summed E-state index contributed by atoms with van der Waals surface area (Å²) in [5.74, 6) is -0.000692. The Hall–Kier alpha value is -1.11. The van der Waals surface area contributed by atoms with E-state index in [4.69, 9.17) is 16.3 Å². The van der Waals surface area contributed by atoms with Crippen molar-refractivity contribution >= 4 is 27.3 Å². The molecule has 2 unspecified atom stereocenters. The fraction of sp³-hybridized carbons (Fsp3) is 0.562. The van der Waals surface area contributed by atoms with E-state index in [0.717, 1.165) is 12.8 Å². The van der Waals surface area contributed by atoms with Gasteiger partial charge in [-0.15, -0.1) is 0 Å². The fourth-order valence-corrected chi connectivity index (χ4v) is 5.14. The Morgan fingerprint density at radius 3 is 2.78 bits per heavy atom. The number of hydrogen-bond donors (Lipinski definition) is 0. The summed E-state index contributed by atoms with van der Waals surface area (Å²) >= 11 is 5.98. The number of rotatable bonds is 4. The second-order valence-corrected chi connectivity index (χ2v) is 8.82. The van der Waals surface area contributed by atoms with Crippen LogP contribution < -0.4 is 0 Å². The molecule has 0 spiro atoms. The number of benzene rings is 1. The first kappa shape index (κ1) is 16.7. The summed E-state index contributed by atoms with van der Waals surface area (Å²) in [7, 11) is -3.06. The van der Waals surface area contributed by atoms with Crippen LogP contribution in [0.3, 0.4) is 0 Å². The molecule has 0 aromatic heterocycles. The Morgan fingerprint density at radius 2 is 2.17 bits per heavy atom. The summed E-state index contributed by atoms with van der Waals surface area (Å²) in [5, 5.41) is 0.493. The zero-order valence-electron chi connectivity index (χ0n) is 12.8. The molecule has 2 fully saturated rings. The van der Waals surface area contributed by atoms with Gasteiger partial charge in [0.2, 0.25) is 0 Å². The molecule has 0 N–H and O–H groups in total. The third-order valence-electron chi connectivity index (χ3n) is 4.41. The highest BCUT2D eigenvalue weighted by atomic mass is 35.5. The summed E-state index contributed by atoms with van der Waals surface area (Å²) in [6, 6.07) is 6.49. The van der Waals surface area contributed by atoms with Crippen LogP contribution in [0.5, 0.6) is 0 Å². The van der Waals surface area contributed by atoms with Crippen molar-refractivity contribution in [3.63, 3.8) is 0 Å². The van der Waals surface area contributed by atoms with Crippen LogP contribution in [0.1, 0.15) is 29.6 Å². The standard InChI is InChI=1S/C16H20ClNO4S/c17-13-4-1-3-12(9-13)16(19)18(10-15-5-2-7-22-15)14-6-8-23(20,21)11-14/h1,3-4,9,14-15H,2,5-8,10-11H2. The lowest BCUT2D eigenvalue weighted by Crippen LogP contribution is -2.45. The molecule has 0 radical (unpaired) electrons. The lowest BCUT2D eigenvalue weighted by Gasteiger charge is -2.30. The van der Waals surface area contributed by atoms with Crippen LogP contribution in [0.25, 0.3) is 0 Å². The number of sulfone groups is 1. The van der Waals surface area contributed by atoms with Crippen molar-refractivity contribution in [2.75, 3.05) is 24.7 Å². The first-order valence-electron chi connectivity index (χ1n) is 7.83. The molecule has 1 aromatic carbocycles. The number of carbonyl (C=O) groups is 1. The highest BCUT2D eigenvalue weighted by Crippen LogP contribution is 2.24. The number of nitrogens with zero attached hydrogens (tertiary/aromatic N) is 1. The van der Waals surface area contributed by atoms with Gasteiger partial charge in [0.05, 0.1) is 17.6 Å². The van der Waals surface area contributed by atoms with Crippen LogP contribution in [0.4, 0.5) is 0 Å². The smallest absolute Gasteiger partial charge is 0.254 e. The highest BCUT2D eigenvalue weighted by molar-refractivity contribution is 7.91. The number of amides is 1. The lowest BCUT2D eigenvalue weighted by atomic mass is 10.1. The molecule has 2 atom stereocenters. The van der Waals surface area contributed by atoms with Gasteiger partial charge < -0.3 is 9.64 Å². The largest absolute Gasteiger partial charge is 0.376 e. The van der Waals surface area contributed by atoms with Crippen molar-refractivity contribution in [2.45, 2.75) is 31.4 Å². The predicted octanol–water partition coefficient (Wildman–Crippen LogP) is 2.15. The Bertz CT molecular complexity index is 685. The van der Waals surface area contributed by atoms with E-state index in [1.54, 1.807) is 29.2 Å². The summed E-state index contributed by atoms with van der Waals surface area (Å²) in [6.07, 6.45) is 2.36. The SMILES string of the molecule is O=C(c1cccc(Cl)c1)N(CC1CCCO1)C1CCS(=O)(=O)C1. The average molecular weight is 358 g/mol. The molecular weight excluding hydrogens is 338 g/mol. The summed E-state index contributed by atoms with van der Waals surface area (Å²) in [6.45, 7) is 1.14. The van der Waals surface area contributed by atoms with Gasteiger partial charge in [0.1, 0.15) is 0 Å². The molecule has 2 aliphatic heterocycles. The Balaban J connectivity index is 1.83. The van der Waals surface area contributed by atoms with Gasteiger partial charge >= 0.3 is 0 Å². The van der Waals surface area contributed by atoms with E-state index in [9.17, 15) is 13.2 Å². The lowest BCUT2D eigenvalue weighted by molar-refractivity contribution is 0.0441. The van der Waals surface area contributed by atoms with Crippen LogP contribution in [0.15, 0.2) is 24.3 Å². The topological polar surface area (TPSA) is 63.7 Å². The van der Waals surface area contributed by atoms with Crippen LogP contribution in [0.2, 0.25) is 5.02 Å². The maximum absolute atomic E-state index is 12.9. The van der Waals surface area contributed by atoms with Crippen molar-refractivity contribution in [1.82, 2.24) is 4.90 Å². The van der Waals surface area contributed by atoms with Crippen molar-refractivity contribution in [3.8, 4) is 0 Å². The molecule has 0 bridgehead atoms. The summed E-state index contributed by atoms with van der Waals surface area (Å²) in [5.41, 5.74) is 0.486. The molecule has 1 aromatic rings. The normalized spacial score (nSPS) is 26.3. The molecule has 2 aliphatic rings. The quantitative estimate of drug-likeness (QED) is 0.828. The molecule has 0 saturated carbocycles. The molecule has 3 rings (SSSR count). The first-order chi connectivity index (χ1) is 10.9. The van der Waals surface area contributed by atoms with E-state index in [1.165, 1.54) is 0 Å². The van der Waals surface area contributed by atoms with Gasteiger partial charge in [0.15, 0.2) is 9.84 Å². The number of hydrogen-bond acceptors (Lipinski definition) is 4. The van der Waals surface area contributed by atoms with Gasteiger partial charge in [0.25, 0.3) is 5.91 Å². The van der Waals surface area contributed by atoms with Crippen LogP contribution in [-0.2, 0) is 14.6 Å². The van der Waals surface area contributed by atoms with Crippen LogP contribution >= 0.6 is 11.6 Å². The molecule has 23 heavy (non-hydrogen) atoms. The van der Waals surface area contributed by atoms with Crippen molar-refractivity contribution in [1.29, 1.82) is 0 Å². The van der Waals surface area contributed by atoms with E-state index in [1.807, 2.05) is 0 Å². The molecule has 2 heterocycles. The third kappa shape index (κ3) is 4.05. The molecule has 126 valence electrons. The second-order valence-electron chi connectivity index (χ2n) is 6.16. The zero-order valence-corrected chi connectivity index (χ0v) is 14.4. The number of ether oxygens (including phenoxy) is 1. The van der Waals surface area contributed by atoms with E-state index in [2.05, 4.69) is 0 Å². The molecule has 0 aliphatic carbocycles. The van der Waals surface area contributed by atoms with Gasteiger partial charge in [-0.3, -0.25) is 4.79 Å². The van der Waals surface area contributed by atoms with Crippen molar-refractivity contribution < 1.29 is 17.9 Å². The monoisotopic (exact) mass is 357 g/mol. The zero-order chi connectivity index (χ0) is 16.4. The highest BCUT2D eigenvalue weighted by Gasteiger charge is 2.36. The molecule has 5 nitrogen and oxygen atoms in total. The fourth-order valence-electron chi connectivity index (χ4n) is 3.21. The molecule has 1 amide bonds. The van der Waals surface area contributed by atoms with Crippen LogP contribution in [0, 0.1) is 0 Å². The maximum Gasteiger partial charge on any atom is 0.254 e. The van der Waals surface area contributed by atoms with Gasteiger partial charge in [-0.2, -0.15) is 0 Å². The Labute approximate surface area is 141 Å². The van der Waals surface area contributed by atoms with Gasteiger partial charge in [-0.25, -0.2) is 8.42 Å². The minimum atomic E-state index is -3.06. The summed E-state index contributed by atoms with van der Waals surface area (Å²) < 4.78 is 29.2. The third-order valence-corrected chi connectivity index (χ3v) is 6.39. The van der Waals surface area contributed by atoms with Crippen LogP contribution in [-0.4, -0.2) is 56.0 Å². The molecule has 7 heteroatoms. The van der Waals surface area contributed by atoms with E-state index >= 15 is 0 Å². The number of carbonyl (C=O) groups excluding carboxylic acids is 1. The minimum Gasteiger partial charge on any atom is -0.376 e. The van der Waals surface area contributed by atoms with Crippen molar-refractivity contribution in [3.05, 3.63) is 34.9 Å². The molecular formula is C16H20ClNO4S. The van der Waals surface area contributed by atoms with Crippen molar-refractivity contribution in [2.24, 2.45) is 0 Å². The minimum absolute atomic E-state index is 0.0126. The van der Waals surface area contributed by atoms with Gasteiger partial charge in [-0.05, 0) is 37.5 Å². The first-order valence-corrected chi connectivity index (χ1v) is 10.0.